The van der Waals surface area contributed by atoms with Gasteiger partial charge in [0.25, 0.3) is 0 Å². The minimum absolute atomic E-state index is 0.0872. The van der Waals surface area contributed by atoms with Crippen molar-refractivity contribution in [3.8, 4) is 0 Å². The Morgan fingerprint density at radius 3 is 2.91 bits per heavy atom. The van der Waals surface area contributed by atoms with Crippen LogP contribution in [0.15, 0.2) is 42.6 Å². The zero-order valence-corrected chi connectivity index (χ0v) is 12.8. The van der Waals surface area contributed by atoms with Crippen LogP contribution in [0.3, 0.4) is 0 Å². The van der Waals surface area contributed by atoms with Gasteiger partial charge in [0.15, 0.2) is 0 Å². The quantitative estimate of drug-likeness (QED) is 0.821. The summed E-state index contributed by atoms with van der Waals surface area (Å²) in [7, 11) is 0. The number of amides is 1. The van der Waals surface area contributed by atoms with Crippen LogP contribution >= 0.6 is 11.8 Å². The van der Waals surface area contributed by atoms with E-state index in [1.54, 1.807) is 18.3 Å². The number of hydrogen-bond donors (Lipinski definition) is 2. The first-order chi connectivity index (χ1) is 10.7. The van der Waals surface area contributed by atoms with Gasteiger partial charge in [-0.05, 0) is 29.8 Å². The molecule has 0 unspecified atom stereocenters. The molecule has 0 aliphatic heterocycles. The van der Waals surface area contributed by atoms with Gasteiger partial charge in [-0.2, -0.15) is 0 Å². The third-order valence-electron chi connectivity index (χ3n) is 2.98. The number of pyridine rings is 1. The van der Waals surface area contributed by atoms with E-state index in [1.807, 2.05) is 18.2 Å². The fraction of sp³-hybridized carbons (Fsp3) is 0.250. The second kappa shape index (κ2) is 8.51. The maximum Gasteiger partial charge on any atom is 0.230 e. The van der Waals surface area contributed by atoms with E-state index in [9.17, 15) is 9.18 Å². The van der Waals surface area contributed by atoms with Gasteiger partial charge >= 0.3 is 0 Å². The van der Waals surface area contributed by atoms with Crippen LogP contribution in [-0.2, 0) is 23.7 Å². The molecule has 0 aliphatic carbocycles. The molecule has 1 heterocycles. The molecule has 2 aromatic rings. The molecule has 0 saturated heterocycles. The number of thioether (sulfide) groups is 1. The van der Waals surface area contributed by atoms with E-state index in [4.69, 9.17) is 5.11 Å². The molecule has 0 bridgehead atoms. The Hall–Kier alpha value is -1.92. The number of aliphatic hydroxyl groups is 1. The van der Waals surface area contributed by atoms with Crippen molar-refractivity contribution >= 4 is 17.7 Å². The molecule has 2 rings (SSSR count). The number of nitrogens with one attached hydrogen (secondary N) is 1. The zero-order valence-electron chi connectivity index (χ0n) is 12.0. The number of halogens is 1. The highest BCUT2D eigenvalue weighted by Gasteiger charge is 2.05. The van der Waals surface area contributed by atoms with Gasteiger partial charge in [-0.25, -0.2) is 4.39 Å². The van der Waals surface area contributed by atoms with E-state index < -0.39 is 5.82 Å². The lowest BCUT2D eigenvalue weighted by Crippen LogP contribution is -2.24. The largest absolute Gasteiger partial charge is 0.392 e. The van der Waals surface area contributed by atoms with Crippen LogP contribution in [-0.4, -0.2) is 21.8 Å². The summed E-state index contributed by atoms with van der Waals surface area (Å²) in [4.78, 5) is 15.9. The van der Waals surface area contributed by atoms with Crippen molar-refractivity contribution in [3.05, 3.63) is 65.2 Å². The number of rotatable bonds is 7. The molecule has 0 aliphatic rings. The summed E-state index contributed by atoms with van der Waals surface area (Å²) in [5, 5.41) is 11.8. The number of hydrogen-bond acceptors (Lipinski definition) is 4. The van der Waals surface area contributed by atoms with Crippen LogP contribution in [0.4, 0.5) is 4.39 Å². The molecule has 0 spiro atoms. The van der Waals surface area contributed by atoms with E-state index in [2.05, 4.69) is 10.3 Å². The third-order valence-corrected chi connectivity index (χ3v) is 3.95. The number of benzene rings is 1. The minimum atomic E-state index is -0.441. The topological polar surface area (TPSA) is 62.2 Å². The number of nitrogens with zero attached hydrogens (tertiary/aromatic N) is 1. The smallest absolute Gasteiger partial charge is 0.230 e. The van der Waals surface area contributed by atoms with Crippen LogP contribution < -0.4 is 5.32 Å². The van der Waals surface area contributed by atoms with E-state index in [1.165, 1.54) is 17.8 Å². The van der Waals surface area contributed by atoms with Gasteiger partial charge in [0.2, 0.25) is 5.91 Å². The lowest BCUT2D eigenvalue weighted by Gasteiger charge is -2.07. The molecule has 4 nitrogen and oxygen atoms in total. The zero-order chi connectivity index (χ0) is 15.8. The summed E-state index contributed by atoms with van der Waals surface area (Å²) in [6.45, 7) is -0.0379. The second-order valence-corrected chi connectivity index (χ2v) is 5.66. The van der Waals surface area contributed by atoms with Crippen molar-refractivity contribution in [1.82, 2.24) is 10.3 Å². The minimum Gasteiger partial charge on any atom is -0.392 e. The molecule has 0 radical (unpaired) electrons. The van der Waals surface area contributed by atoms with Gasteiger partial charge in [-0.3, -0.25) is 9.78 Å². The van der Waals surface area contributed by atoms with Crippen molar-refractivity contribution in [2.75, 3.05) is 5.75 Å². The highest BCUT2D eigenvalue weighted by atomic mass is 32.2. The average molecular weight is 320 g/mol. The Labute approximate surface area is 132 Å². The fourth-order valence-electron chi connectivity index (χ4n) is 1.84. The second-order valence-electron chi connectivity index (χ2n) is 4.67. The molecule has 0 fully saturated rings. The average Bonchev–Trinajstić information content (AvgIpc) is 2.55. The van der Waals surface area contributed by atoms with Gasteiger partial charge in [0.05, 0.1) is 18.1 Å². The molecule has 1 aromatic carbocycles. The van der Waals surface area contributed by atoms with E-state index in [0.717, 1.165) is 11.3 Å². The highest BCUT2D eigenvalue weighted by molar-refractivity contribution is 7.99. The molecule has 22 heavy (non-hydrogen) atoms. The first-order valence-corrected chi connectivity index (χ1v) is 7.97. The summed E-state index contributed by atoms with van der Waals surface area (Å²) < 4.78 is 13.2. The van der Waals surface area contributed by atoms with Gasteiger partial charge in [0.1, 0.15) is 5.82 Å². The summed E-state index contributed by atoms with van der Waals surface area (Å²) in [6, 6.07) is 10.1. The Kier molecular flexibility index (Phi) is 6.36. The summed E-state index contributed by atoms with van der Waals surface area (Å²) in [6.07, 6.45) is 1.73. The van der Waals surface area contributed by atoms with Crippen molar-refractivity contribution in [3.63, 3.8) is 0 Å². The summed E-state index contributed by atoms with van der Waals surface area (Å²) in [5.74, 6) is 0.490. The van der Waals surface area contributed by atoms with Crippen LogP contribution in [0.1, 0.15) is 16.8 Å². The standard InChI is InChI=1S/C16H17FN2O2S/c17-15-5-4-12(7-13(15)9-20)8-19-16(21)11-22-10-14-3-1-2-6-18-14/h1-7,20H,8-11H2,(H,19,21). The number of carbonyl (C=O) groups excluding carboxylic acids is 1. The van der Waals surface area contributed by atoms with Gasteiger partial charge in [0, 0.05) is 24.1 Å². The maximum atomic E-state index is 13.2. The Bertz CT molecular complexity index is 623. The van der Waals surface area contributed by atoms with Gasteiger partial charge in [-0.15, -0.1) is 11.8 Å². The lowest BCUT2D eigenvalue weighted by atomic mass is 10.1. The summed E-state index contributed by atoms with van der Waals surface area (Å²) in [5.41, 5.74) is 1.93. The van der Waals surface area contributed by atoms with Crippen LogP contribution in [0.2, 0.25) is 0 Å². The third kappa shape index (κ3) is 5.13. The Balaban J connectivity index is 1.73. The monoisotopic (exact) mass is 320 g/mol. The van der Waals surface area contributed by atoms with Crippen molar-refractivity contribution in [2.24, 2.45) is 0 Å². The number of carbonyl (C=O) groups is 1. The molecule has 116 valence electrons. The number of aliphatic hydroxyl groups excluding tert-OH is 1. The van der Waals surface area contributed by atoms with Crippen molar-refractivity contribution in [1.29, 1.82) is 0 Å². The van der Waals surface area contributed by atoms with E-state index in [-0.39, 0.29) is 18.1 Å². The van der Waals surface area contributed by atoms with Crippen molar-refractivity contribution in [2.45, 2.75) is 18.9 Å². The molecule has 1 aromatic heterocycles. The summed E-state index contributed by atoms with van der Waals surface area (Å²) >= 11 is 1.49. The SMILES string of the molecule is O=C(CSCc1ccccn1)NCc1ccc(F)c(CO)c1. The van der Waals surface area contributed by atoms with Crippen LogP contribution in [0.5, 0.6) is 0 Å². The molecular weight excluding hydrogens is 303 g/mol. The first-order valence-electron chi connectivity index (χ1n) is 6.81. The molecule has 2 N–H and O–H groups in total. The Morgan fingerprint density at radius 1 is 1.32 bits per heavy atom. The fourth-order valence-corrected chi connectivity index (χ4v) is 2.61. The van der Waals surface area contributed by atoms with Crippen molar-refractivity contribution < 1.29 is 14.3 Å². The molecule has 0 saturated carbocycles. The van der Waals surface area contributed by atoms with E-state index >= 15 is 0 Å². The molecule has 6 heteroatoms. The van der Waals surface area contributed by atoms with Gasteiger partial charge < -0.3 is 10.4 Å². The first kappa shape index (κ1) is 16.5. The predicted octanol–water partition coefficient (Wildman–Crippen LogP) is 2.26. The maximum absolute atomic E-state index is 13.2. The highest BCUT2D eigenvalue weighted by Crippen LogP contribution is 2.11. The molecule has 0 atom stereocenters. The predicted molar refractivity (Wildman–Crippen MR) is 84.6 cm³/mol. The molecular formula is C16H17FN2O2S. The van der Waals surface area contributed by atoms with Gasteiger partial charge in [-0.1, -0.05) is 12.1 Å². The van der Waals surface area contributed by atoms with Crippen LogP contribution in [0.25, 0.3) is 0 Å². The molecule has 1 amide bonds. The van der Waals surface area contributed by atoms with Crippen LogP contribution in [0, 0.1) is 5.82 Å². The normalized spacial score (nSPS) is 10.5. The Morgan fingerprint density at radius 2 is 2.18 bits per heavy atom. The number of aromatic nitrogens is 1. The lowest BCUT2D eigenvalue weighted by molar-refractivity contribution is -0.118. The van der Waals surface area contributed by atoms with E-state index in [0.29, 0.717) is 18.1 Å².